The molecule has 5 nitrogen and oxygen atoms in total. The van der Waals surface area contributed by atoms with Crippen molar-refractivity contribution in [3.05, 3.63) is 23.1 Å². The van der Waals surface area contributed by atoms with Crippen LogP contribution in [-0.4, -0.2) is 20.7 Å². The Morgan fingerprint density at radius 3 is 2.61 bits per heavy atom. The quantitative estimate of drug-likeness (QED) is 0.720. The lowest BCUT2D eigenvalue weighted by atomic mass is 9.92. The fraction of sp³-hybridized carbons (Fsp3) is 0.333. The van der Waals surface area contributed by atoms with Crippen LogP contribution in [0.3, 0.4) is 0 Å². The molecule has 2 heterocycles. The smallest absolute Gasteiger partial charge is 0.323 e. The molecule has 2 aromatic rings. The third kappa shape index (κ3) is 1.80. The SMILES string of the molecule is CC(C)(C)c1cc2c(O)cnc(Cl)c2n1C(N)=O. The summed E-state index contributed by atoms with van der Waals surface area (Å²) in [6.07, 6.45) is 1.25. The van der Waals surface area contributed by atoms with Gasteiger partial charge in [0, 0.05) is 16.5 Å². The van der Waals surface area contributed by atoms with Crippen LogP contribution < -0.4 is 5.73 Å². The summed E-state index contributed by atoms with van der Waals surface area (Å²) < 4.78 is 1.30. The van der Waals surface area contributed by atoms with Gasteiger partial charge in [0.25, 0.3) is 0 Å². The van der Waals surface area contributed by atoms with Gasteiger partial charge in [0.15, 0.2) is 5.15 Å². The maximum atomic E-state index is 11.6. The van der Waals surface area contributed by atoms with Crippen molar-refractivity contribution in [2.75, 3.05) is 0 Å². The predicted octanol–water partition coefficient (Wildman–Crippen LogP) is 2.62. The molecule has 0 aliphatic rings. The van der Waals surface area contributed by atoms with E-state index in [1.165, 1.54) is 10.8 Å². The molecule has 2 aromatic heterocycles. The van der Waals surface area contributed by atoms with Gasteiger partial charge >= 0.3 is 6.03 Å². The summed E-state index contributed by atoms with van der Waals surface area (Å²) in [5.41, 5.74) is 6.10. The number of carbonyl (C=O) groups excluding carboxylic acids is 1. The highest BCUT2D eigenvalue weighted by molar-refractivity contribution is 6.34. The fourth-order valence-electron chi connectivity index (χ4n) is 1.94. The second kappa shape index (κ2) is 3.88. The Morgan fingerprint density at radius 2 is 2.11 bits per heavy atom. The van der Waals surface area contributed by atoms with Gasteiger partial charge in [-0.1, -0.05) is 32.4 Å². The number of pyridine rings is 1. The third-order valence-electron chi connectivity index (χ3n) is 2.76. The molecule has 0 aliphatic carbocycles. The molecule has 0 bridgehead atoms. The van der Waals surface area contributed by atoms with Crippen LogP contribution in [0.25, 0.3) is 10.9 Å². The number of amides is 1. The van der Waals surface area contributed by atoms with E-state index in [0.29, 0.717) is 16.6 Å². The number of aromatic hydroxyl groups is 1. The van der Waals surface area contributed by atoms with Crippen LogP contribution in [-0.2, 0) is 5.41 Å². The van der Waals surface area contributed by atoms with E-state index in [-0.39, 0.29) is 16.3 Å². The Labute approximate surface area is 109 Å². The zero-order chi connectivity index (χ0) is 13.7. The van der Waals surface area contributed by atoms with Gasteiger partial charge in [-0.15, -0.1) is 0 Å². The first kappa shape index (κ1) is 12.7. The molecule has 0 atom stereocenters. The van der Waals surface area contributed by atoms with Crippen molar-refractivity contribution in [3.8, 4) is 5.75 Å². The Bertz CT molecular complexity index is 641. The molecule has 0 saturated heterocycles. The second-order valence-corrected chi connectivity index (χ2v) is 5.51. The van der Waals surface area contributed by atoms with Crippen LogP contribution in [0, 0.1) is 0 Å². The number of hydrogen-bond donors (Lipinski definition) is 2. The number of primary amides is 1. The number of fused-ring (bicyclic) bond motifs is 1. The topological polar surface area (TPSA) is 81.1 Å². The average molecular weight is 268 g/mol. The number of nitrogens with two attached hydrogens (primary N) is 1. The van der Waals surface area contributed by atoms with E-state index in [0.717, 1.165) is 0 Å². The zero-order valence-electron chi connectivity index (χ0n) is 10.4. The van der Waals surface area contributed by atoms with Gasteiger partial charge in [0.1, 0.15) is 5.75 Å². The number of nitrogens with zero attached hydrogens (tertiary/aromatic N) is 2. The lowest BCUT2D eigenvalue weighted by molar-refractivity contribution is 0.249. The highest BCUT2D eigenvalue weighted by Gasteiger charge is 2.26. The second-order valence-electron chi connectivity index (χ2n) is 5.15. The Kier molecular flexibility index (Phi) is 2.74. The Balaban J connectivity index is 2.98. The minimum Gasteiger partial charge on any atom is -0.506 e. The monoisotopic (exact) mass is 267 g/mol. The predicted molar refractivity (Wildman–Crippen MR) is 70.1 cm³/mol. The van der Waals surface area contributed by atoms with Gasteiger partial charge in [0.2, 0.25) is 0 Å². The molecular weight excluding hydrogens is 254 g/mol. The normalized spacial score (nSPS) is 12.0. The largest absolute Gasteiger partial charge is 0.506 e. The maximum absolute atomic E-state index is 11.6. The third-order valence-corrected chi connectivity index (χ3v) is 3.04. The van der Waals surface area contributed by atoms with E-state index in [1.807, 2.05) is 20.8 Å². The molecule has 0 spiro atoms. The van der Waals surface area contributed by atoms with Crippen LogP contribution in [0.2, 0.25) is 5.15 Å². The van der Waals surface area contributed by atoms with Crippen molar-refractivity contribution in [3.63, 3.8) is 0 Å². The van der Waals surface area contributed by atoms with Gasteiger partial charge in [-0.25, -0.2) is 9.78 Å². The fourth-order valence-corrected chi connectivity index (χ4v) is 2.17. The first-order chi connectivity index (χ1) is 8.23. The molecule has 6 heteroatoms. The molecule has 0 aromatic carbocycles. The van der Waals surface area contributed by atoms with Crippen LogP contribution >= 0.6 is 11.6 Å². The molecule has 0 aliphatic heterocycles. The van der Waals surface area contributed by atoms with Gasteiger partial charge in [-0.05, 0) is 6.07 Å². The molecule has 0 unspecified atom stereocenters. The molecule has 0 radical (unpaired) electrons. The summed E-state index contributed by atoms with van der Waals surface area (Å²) in [6.45, 7) is 5.83. The van der Waals surface area contributed by atoms with Gasteiger partial charge < -0.3 is 10.8 Å². The van der Waals surface area contributed by atoms with Crippen LogP contribution in [0.4, 0.5) is 4.79 Å². The molecular formula is C12H14ClN3O2. The minimum absolute atomic E-state index is 0.0279. The summed E-state index contributed by atoms with van der Waals surface area (Å²) in [5.74, 6) is -0.0279. The van der Waals surface area contributed by atoms with Gasteiger partial charge in [-0.2, -0.15) is 0 Å². The van der Waals surface area contributed by atoms with E-state index in [9.17, 15) is 9.90 Å². The highest BCUT2D eigenvalue weighted by atomic mass is 35.5. The van der Waals surface area contributed by atoms with Crippen molar-refractivity contribution >= 4 is 28.5 Å². The summed E-state index contributed by atoms with van der Waals surface area (Å²) in [4.78, 5) is 15.5. The van der Waals surface area contributed by atoms with E-state index < -0.39 is 6.03 Å². The van der Waals surface area contributed by atoms with Crippen molar-refractivity contribution in [1.29, 1.82) is 0 Å². The number of rotatable bonds is 0. The number of hydrogen-bond acceptors (Lipinski definition) is 3. The van der Waals surface area contributed by atoms with Crippen molar-refractivity contribution in [2.45, 2.75) is 26.2 Å². The average Bonchev–Trinajstić information content (AvgIpc) is 2.64. The summed E-state index contributed by atoms with van der Waals surface area (Å²) in [7, 11) is 0. The zero-order valence-corrected chi connectivity index (χ0v) is 11.1. The molecule has 1 amide bonds. The molecule has 3 N–H and O–H groups in total. The molecule has 18 heavy (non-hydrogen) atoms. The Hall–Kier alpha value is -1.75. The number of halogens is 1. The van der Waals surface area contributed by atoms with Crippen LogP contribution in [0.1, 0.15) is 26.5 Å². The van der Waals surface area contributed by atoms with Crippen molar-refractivity contribution in [2.24, 2.45) is 5.73 Å². The van der Waals surface area contributed by atoms with E-state index in [2.05, 4.69) is 4.98 Å². The number of aromatic nitrogens is 2. The lowest BCUT2D eigenvalue weighted by Crippen LogP contribution is -2.27. The maximum Gasteiger partial charge on any atom is 0.323 e. The molecule has 96 valence electrons. The molecule has 2 rings (SSSR count). The van der Waals surface area contributed by atoms with Crippen LogP contribution in [0.15, 0.2) is 12.3 Å². The lowest BCUT2D eigenvalue weighted by Gasteiger charge is -2.20. The first-order valence-electron chi connectivity index (χ1n) is 5.42. The standard InChI is InChI=1S/C12H14ClN3O2/c1-12(2,3)8-4-6-7(17)5-15-10(13)9(6)16(8)11(14)18/h4-5,17H,1-3H3,(H2,14,18). The van der Waals surface area contributed by atoms with Crippen molar-refractivity contribution < 1.29 is 9.90 Å². The summed E-state index contributed by atoms with van der Waals surface area (Å²) >= 11 is 5.99. The van der Waals surface area contributed by atoms with Gasteiger partial charge in [0.05, 0.1) is 11.7 Å². The molecule has 0 fully saturated rings. The summed E-state index contributed by atoms with van der Waals surface area (Å²) in [5, 5.41) is 10.4. The van der Waals surface area contributed by atoms with Crippen molar-refractivity contribution in [1.82, 2.24) is 9.55 Å². The molecule has 0 saturated carbocycles. The van der Waals surface area contributed by atoms with E-state index >= 15 is 0 Å². The van der Waals surface area contributed by atoms with E-state index in [4.69, 9.17) is 17.3 Å². The Morgan fingerprint density at radius 1 is 1.50 bits per heavy atom. The van der Waals surface area contributed by atoms with E-state index in [1.54, 1.807) is 6.07 Å². The number of carbonyl (C=O) groups is 1. The summed E-state index contributed by atoms with van der Waals surface area (Å²) in [6, 6.07) is 1.06. The first-order valence-corrected chi connectivity index (χ1v) is 5.80. The van der Waals surface area contributed by atoms with Crippen LogP contribution in [0.5, 0.6) is 5.75 Å². The minimum atomic E-state index is -0.649. The van der Waals surface area contributed by atoms with Gasteiger partial charge in [-0.3, -0.25) is 4.57 Å². The highest BCUT2D eigenvalue weighted by Crippen LogP contribution is 2.35.